The molecule has 1 N–H and O–H groups in total. The Kier molecular flexibility index (Phi) is 4.17. The number of benzene rings is 1. The molecule has 0 radical (unpaired) electrons. The van der Waals surface area contributed by atoms with E-state index in [1.165, 1.54) is 6.07 Å². The summed E-state index contributed by atoms with van der Waals surface area (Å²) in [4.78, 5) is 17.0. The molecule has 3 rings (SSSR count). The molecular formula is C16H13Cl2FN2O2. The van der Waals surface area contributed by atoms with Gasteiger partial charge in [0, 0.05) is 18.4 Å². The van der Waals surface area contributed by atoms with E-state index in [4.69, 9.17) is 28.3 Å². The first-order valence-corrected chi connectivity index (χ1v) is 7.77. The van der Waals surface area contributed by atoms with Crippen LogP contribution in [0.4, 0.5) is 10.1 Å². The van der Waals surface area contributed by atoms with Crippen molar-refractivity contribution in [3.63, 3.8) is 0 Å². The van der Waals surface area contributed by atoms with Crippen molar-refractivity contribution in [1.29, 1.82) is 0 Å². The minimum atomic E-state index is -1.05. The lowest BCUT2D eigenvalue weighted by Gasteiger charge is -2.37. The minimum absolute atomic E-state index is 0.0324. The Labute approximate surface area is 142 Å². The van der Waals surface area contributed by atoms with Crippen LogP contribution in [0.15, 0.2) is 24.4 Å². The molecule has 0 saturated heterocycles. The van der Waals surface area contributed by atoms with Crippen LogP contribution in [0, 0.1) is 5.82 Å². The number of pyridine rings is 1. The van der Waals surface area contributed by atoms with E-state index in [0.717, 1.165) is 11.1 Å². The number of hydrogen-bond acceptors (Lipinski definition) is 3. The van der Waals surface area contributed by atoms with Crippen molar-refractivity contribution in [3.8, 4) is 0 Å². The van der Waals surface area contributed by atoms with Crippen molar-refractivity contribution >= 4 is 34.9 Å². The van der Waals surface area contributed by atoms with Crippen LogP contribution in [0.25, 0.3) is 0 Å². The molecule has 120 valence electrons. The molecule has 1 aliphatic rings. The molecule has 23 heavy (non-hydrogen) atoms. The molecule has 0 fully saturated rings. The highest BCUT2D eigenvalue weighted by molar-refractivity contribution is 6.42. The lowest BCUT2D eigenvalue weighted by Crippen LogP contribution is -2.34. The van der Waals surface area contributed by atoms with E-state index >= 15 is 0 Å². The molecular weight excluding hydrogens is 342 g/mol. The zero-order valence-electron chi connectivity index (χ0n) is 12.2. The van der Waals surface area contributed by atoms with Crippen molar-refractivity contribution in [3.05, 3.63) is 57.1 Å². The van der Waals surface area contributed by atoms with Gasteiger partial charge in [0.15, 0.2) is 0 Å². The van der Waals surface area contributed by atoms with Gasteiger partial charge in [-0.1, -0.05) is 23.2 Å². The molecule has 1 aromatic carbocycles. The summed E-state index contributed by atoms with van der Waals surface area (Å²) in [7, 11) is 0. The number of hydrogen-bond donors (Lipinski definition) is 1. The van der Waals surface area contributed by atoms with Crippen molar-refractivity contribution in [2.45, 2.75) is 19.4 Å². The number of halogens is 3. The van der Waals surface area contributed by atoms with Gasteiger partial charge in [-0.05, 0) is 42.7 Å². The highest BCUT2D eigenvalue weighted by Crippen LogP contribution is 2.37. The third-order valence-corrected chi connectivity index (χ3v) is 4.86. The molecule has 0 saturated carbocycles. The van der Waals surface area contributed by atoms with E-state index in [-0.39, 0.29) is 21.8 Å². The zero-order valence-corrected chi connectivity index (χ0v) is 13.7. The molecule has 1 atom stereocenters. The Morgan fingerprint density at radius 3 is 2.78 bits per heavy atom. The molecule has 2 aromatic rings. The van der Waals surface area contributed by atoms with Gasteiger partial charge in [-0.2, -0.15) is 0 Å². The van der Waals surface area contributed by atoms with Gasteiger partial charge in [0.2, 0.25) is 0 Å². The Morgan fingerprint density at radius 2 is 2.13 bits per heavy atom. The van der Waals surface area contributed by atoms with Crippen LogP contribution >= 0.6 is 23.2 Å². The van der Waals surface area contributed by atoms with Gasteiger partial charge in [-0.15, -0.1) is 0 Å². The zero-order chi connectivity index (χ0) is 16.7. The van der Waals surface area contributed by atoms with Gasteiger partial charge < -0.3 is 10.0 Å². The Bertz CT molecular complexity index is 775. The number of carbonyl (C=O) groups is 1. The van der Waals surface area contributed by atoms with Gasteiger partial charge in [0.1, 0.15) is 11.5 Å². The molecule has 4 nitrogen and oxygen atoms in total. The van der Waals surface area contributed by atoms with Crippen molar-refractivity contribution in [2.75, 3.05) is 11.4 Å². The fourth-order valence-electron chi connectivity index (χ4n) is 2.88. The predicted octanol–water partition coefficient (Wildman–Crippen LogP) is 4.35. The average Bonchev–Trinajstić information content (AvgIpc) is 2.52. The Balaban J connectivity index is 1.98. The summed E-state index contributed by atoms with van der Waals surface area (Å²) < 4.78 is 13.8. The molecule has 1 aromatic heterocycles. The van der Waals surface area contributed by atoms with Gasteiger partial charge in [0.05, 0.1) is 16.1 Å². The van der Waals surface area contributed by atoms with Crippen LogP contribution in [0.3, 0.4) is 0 Å². The number of aromatic nitrogens is 1. The number of carboxylic acids is 1. The highest BCUT2D eigenvalue weighted by atomic mass is 35.5. The molecule has 1 aliphatic heterocycles. The number of nitrogens with zero attached hydrogens (tertiary/aromatic N) is 2. The maximum Gasteiger partial charge on any atom is 0.354 e. The van der Waals surface area contributed by atoms with E-state index in [9.17, 15) is 9.18 Å². The highest BCUT2D eigenvalue weighted by Gasteiger charge is 2.26. The van der Waals surface area contributed by atoms with Crippen molar-refractivity contribution < 1.29 is 14.3 Å². The Hall–Kier alpha value is -1.85. The first kappa shape index (κ1) is 16.0. The van der Waals surface area contributed by atoms with Crippen LogP contribution < -0.4 is 4.90 Å². The third kappa shape index (κ3) is 2.86. The van der Waals surface area contributed by atoms with Crippen LogP contribution in [0.1, 0.15) is 34.6 Å². The molecule has 7 heteroatoms. The van der Waals surface area contributed by atoms with E-state index in [2.05, 4.69) is 4.98 Å². The largest absolute Gasteiger partial charge is 0.477 e. The maximum absolute atomic E-state index is 13.8. The molecule has 0 spiro atoms. The number of anilines is 1. The van der Waals surface area contributed by atoms with Gasteiger partial charge >= 0.3 is 5.97 Å². The summed E-state index contributed by atoms with van der Waals surface area (Å²) in [5, 5.41) is 9.10. The first-order valence-electron chi connectivity index (χ1n) is 7.01. The van der Waals surface area contributed by atoms with E-state index < -0.39 is 11.8 Å². The third-order valence-electron chi connectivity index (χ3n) is 4.08. The van der Waals surface area contributed by atoms with Crippen molar-refractivity contribution in [2.24, 2.45) is 0 Å². The molecule has 2 heterocycles. The smallest absolute Gasteiger partial charge is 0.354 e. The summed E-state index contributed by atoms with van der Waals surface area (Å²) in [5.41, 5.74) is 2.54. The second kappa shape index (κ2) is 5.98. The van der Waals surface area contributed by atoms with Crippen LogP contribution in [-0.4, -0.2) is 22.6 Å². The number of carboxylic acid groups (broad SMARTS) is 1. The van der Waals surface area contributed by atoms with Crippen LogP contribution in [0.2, 0.25) is 10.0 Å². The summed E-state index contributed by atoms with van der Waals surface area (Å²) in [6, 6.07) is 4.51. The van der Waals surface area contributed by atoms with Gasteiger partial charge in [-0.3, -0.25) is 0 Å². The number of aromatic carboxylic acids is 1. The summed E-state index contributed by atoms with van der Waals surface area (Å²) >= 11 is 11.7. The summed E-state index contributed by atoms with van der Waals surface area (Å²) in [6.45, 7) is 2.58. The molecule has 0 aliphatic carbocycles. The summed E-state index contributed by atoms with van der Waals surface area (Å²) in [5.74, 6) is -1.61. The number of fused-ring (bicyclic) bond motifs is 1. The lowest BCUT2D eigenvalue weighted by molar-refractivity contribution is 0.0690. The van der Waals surface area contributed by atoms with Crippen LogP contribution in [0.5, 0.6) is 0 Å². The Morgan fingerprint density at radius 1 is 1.39 bits per heavy atom. The quantitative estimate of drug-likeness (QED) is 0.814. The normalized spacial score (nSPS) is 17.0. The monoisotopic (exact) mass is 354 g/mol. The summed E-state index contributed by atoms with van der Waals surface area (Å²) in [6.07, 6.45) is 2.22. The van der Waals surface area contributed by atoms with Crippen molar-refractivity contribution in [1.82, 2.24) is 4.98 Å². The fourth-order valence-corrected chi connectivity index (χ4v) is 3.19. The van der Waals surface area contributed by atoms with Crippen LogP contribution in [-0.2, 0) is 6.42 Å². The molecule has 0 amide bonds. The maximum atomic E-state index is 13.8. The second-order valence-electron chi connectivity index (χ2n) is 5.42. The van der Waals surface area contributed by atoms with Gasteiger partial charge in [-0.25, -0.2) is 14.2 Å². The molecule has 1 unspecified atom stereocenters. The predicted molar refractivity (Wildman–Crippen MR) is 87.1 cm³/mol. The van der Waals surface area contributed by atoms with E-state index in [1.54, 1.807) is 18.3 Å². The second-order valence-corrected chi connectivity index (χ2v) is 6.20. The van der Waals surface area contributed by atoms with E-state index in [1.807, 2.05) is 11.8 Å². The standard InChI is InChI=1S/C16H13Cl2FN2O2/c1-8-11-7-20-14(16(22)23)4-9(11)2-3-21(8)10-5-12(17)15(18)13(19)6-10/h4-8H,2-3H2,1H3,(H,22,23). The lowest BCUT2D eigenvalue weighted by atomic mass is 9.94. The van der Waals surface area contributed by atoms with Gasteiger partial charge in [0.25, 0.3) is 0 Å². The average molecular weight is 355 g/mol. The van der Waals surface area contributed by atoms with E-state index in [0.29, 0.717) is 18.7 Å². The number of rotatable bonds is 2. The fraction of sp³-hybridized carbons (Fsp3) is 0.250. The SMILES string of the molecule is CC1c2cnc(C(=O)O)cc2CCN1c1cc(F)c(Cl)c(Cl)c1. The topological polar surface area (TPSA) is 53.4 Å². The minimum Gasteiger partial charge on any atom is -0.477 e. The first-order chi connectivity index (χ1) is 10.9. The molecule has 0 bridgehead atoms.